The molecule has 15 heavy (non-hydrogen) atoms. The zero-order valence-corrected chi connectivity index (χ0v) is 8.91. The van der Waals surface area contributed by atoms with Gasteiger partial charge in [-0.2, -0.15) is 0 Å². The number of carboxylic acids is 1. The first-order valence-corrected chi connectivity index (χ1v) is 5.25. The first-order valence-electron chi connectivity index (χ1n) is 4.43. The van der Waals surface area contributed by atoms with Gasteiger partial charge in [-0.05, 0) is 25.1 Å². The quantitative estimate of drug-likeness (QED) is 0.844. The van der Waals surface area contributed by atoms with Gasteiger partial charge >= 0.3 is 5.97 Å². The van der Waals surface area contributed by atoms with E-state index in [1.165, 1.54) is 11.3 Å². The van der Waals surface area contributed by atoms with Crippen molar-refractivity contribution in [3.05, 3.63) is 41.0 Å². The molecule has 2 aromatic heterocycles. The number of carbonyl (C=O) groups is 1. The van der Waals surface area contributed by atoms with Crippen LogP contribution in [0.5, 0.6) is 0 Å². The van der Waals surface area contributed by atoms with Gasteiger partial charge in [0, 0.05) is 22.3 Å². The molecule has 0 aliphatic rings. The second-order valence-electron chi connectivity index (χ2n) is 3.11. The molecule has 0 amide bonds. The van der Waals surface area contributed by atoms with Crippen LogP contribution in [0.15, 0.2) is 30.5 Å². The number of rotatable bonds is 2. The maximum absolute atomic E-state index is 10.7. The van der Waals surface area contributed by atoms with Gasteiger partial charge in [0.15, 0.2) is 0 Å². The summed E-state index contributed by atoms with van der Waals surface area (Å²) >= 11 is 1.27. The Bertz CT molecular complexity index is 505. The largest absolute Gasteiger partial charge is 0.477 e. The second-order valence-corrected chi connectivity index (χ2v) is 4.19. The molecule has 0 atom stereocenters. The lowest BCUT2D eigenvalue weighted by atomic mass is 10.2. The Kier molecular flexibility index (Phi) is 2.51. The van der Waals surface area contributed by atoms with Crippen LogP contribution in [-0.2, 0) is 0 Å². The van der Waals surface area contributed by atoms with Crippen LogP contribution in [-0.4, -0.2) is 16.1 Å². The molecule has 0 spiro atoms. The first kappa shape index (κ1) is 9.86. The van der Waals surface area contributed by atoms with Crippen molar-refractivity contribution in [1.29, 1.82) is 0 Å². The number of aromatic nitrogens is 1. The van der Waals surface area contributed by atoms with Crippen LogP contribution in [0.3, 0.4) is 0 Å². The normalized spacial score (nSPS) is 10.2. The molecule has 2 aromatic rings. The average molecular weight is 219 g/mol. The predicted molar refractivity (Wildman–Crippen MR) is 59.2 cm³/mol. The Morgan fingerprint density at radius 3 is 2.80 bits per heavy atom. The van der Waals surface area contributed by atoms with Gasteiger partial charge in [-0.15, -0.1) is 11.3 Å². The van der Waals surface area contributed by atoms with E-state index in [-0.39, 0.29) is 0 Å². The molecule has 0 aliphatic carbocycles. The number of thiophene rings is 1. The lowest BCUT2D eigenvalue weighted by molar-refractivity contribution is 0.0702. The summed E-state index contributed by atoms with van der Waals surface area (Å²) in [6.45, 7) is 1.91. The van der Waals surface area contributed by atoms with Crippen molar-refractivity contribution in [2.24, 2.45) is 0 Å². The molecule has 0 unspecified atom stereocenters. The fourth-order valence-corrected chi connectivity index (χ4v) is 2.26. The molecule has 3 nitrogen and oxygen atoms in total. The Balaban J connectivity index is 2.46. The van der Waals surface area contributed by atoms with Gasteiger partial charge in [0.25, 0.3) is 0 Å². The topological polar surface area (TPSA) is 50.2 Å². The number of aromatic carboxylic acids is 1. The SMILES string of the molecule is Cc1ncccc1-c1ccc(C(=O)O)s1. The third-order valence-corrected chi connectivity index (χ3v) is 3.20. The third kappa shape index (κ3) is 1.89. The average Bonchev–Trinajstić information content (AvgIpc) is 2.67. The predicted octanol–water partition coefficient (Wildman–Crippen LogP) is 2.82. The maximum Gasteiger partial charge on any atom is 0.345 e. The highest BCUT2D eigenvalue weighted by Crippen LogP contribution is 2.29. The number of hydrogen-bond donors (Lipinski definition) is 1. The molecule has 2 heterocycles. The van der Waals surface area contributed by atoms with Gasteiger partial charge in [0.2, 0.25) is 0 Å². The van der Waals surface area contributed by atoms with Crippen LogP contribution in [0.4, 0.5) is 0 Å². The van der Waals surface area contributed by atoms with E-state index in [0.29, 0.717) is 4.88 Å². The van der Waals surface area contributed by atoms with E-state index in [0.717, 1.165) is 16.1 Å². The minimum atomic E-state index is -0.882. The van der Waals surface area contributed by atoms with Gasteiger partial charge < -0.3 is 5.11 Å². The fourth-order valence-electron chi connectivity index (χ4n) is 1.34. The van der Waals surface area contributed by atoms with Crippen molar-refractivity contribution in [2.45, 2.75) is 6.92 Å². The molecule has 0 radical (unpaired) electrons. The lowest BCUT2D eigenvalue weighted by Crippen LogP contribution is -1.89. The van der Waals surface area contributed by atoms with Crippen LogP contribution in [0.1, 0.15) is 15.4 Å². The van der Waals surface area contributed by atoms with Crippen molar-refractivity contribution in [2.75, 3.05) is 0 Å². The van der Waals surface area contributed by atoms with Gasteiger partial charge in [0.05, 0.1) is 0 Å². The molecule has 0 aliphatic heterocycles. The van der Waals surface area contributed by atoms with Gasteiger partial charge in [-0.25, -0.2) is 4.79 Å². The summed E-state index contributed by atoms with van der Waals surface area (Å²) in [5, 5.41) is 8.81. The summed E-state index contributed by atoms with van der Waals surface area (Å²) in [6, 6.07) is 7.23. The molecular formula is C11H9NO2S. The molecule has 0 bridgehead atoms. The van der Waals surface area contributed by atoms with Crippen LogP contribution < -0.4 is 0 Å². The van der Waals surface area contributed by atoms with E-state index in [1.807, 2.05) is 25.1 Å². The number of pyridine rings is 1. The van der Waals surface area contributed by atoms with Crippen molar-refractivity contribution in [3.63, 3.8) is 0 Å². The Morgan fingerprint density at radius 1 is 1.40 bits per heavy atom. The number of nitrogens with zero attached hydrogens (tertiary/aromatic N) is 1. The highest BCUT2D eigenvalue weighted by Gasteiger charge is 2.09. The minimum Gasteiger partial charge on any atom is -0.477 e. The van der Waals surface area contributed by atoms with Crippen molar-refractivity contribution in [3.8, 4) is 10.4 Å². The number of carboxylic acid groups (broad SMARTS) is 1. The Hall–Kier alpha value is -1.68. The third-order valence-electron chi connectivity index (χ3n) is 2.09. The second kappa shape index (κ2) is 3.82. The first-order chi connectivity index (χ1) is 7.18. The molecule has 4 heteroatoms. The van der Waals surface area contributed by atoms with Crippen molar-refractivity contribution >= 4 is 17.3 Å². The maximum atomic E-state index is 10.7. The molecule has 0 saturated heterocycles. The van der Waals surface area contributed by atoms with Crippen molar-refractivity contribution < 1.29 is 9.90 Å². The van der Waals surface area contributed by atoms with E-state index >= 15 is 0 Å². The van der Waals surface area contributed by atoms with Crippen LogP contribution in [0.2, 0.25) is 0 Å². The Labute approximate surface area is 91.0 Å². The highest BCUT2D eigenvalue weighted by molar-refractivity contribution is 7.17. The van der Waals surface area contributed by atoms with E-state index in [4.69, 9.17) is 5.11 Å². The van der Waals surface area contributed by atoms with Crippen LogP contribution in [0, 0.1) is 6.92 Å². The summed E-state index contributed by atoms with van der Waals surface area (Å²) in [7, 11) is 0. The highest BCUT2D eigenvalue weighted by atomic mass is 32.1. The summed E-state index contributed by atoms with van der Waals surface area (Å²) in [4.78, 5) is 16.2. The van der Waals surface area contributed by atoms with E-state index in [2.05, 4.69) is 4.98 Å². The molecule has 0 fully saturated rings. The smallest absolute Gasteiger partial charge is 0.345 e. The molecule has 0 saturated carbocycles. The monoisotopic (exact) mass is 219 g/mol. The van der Waals surface area contributed by atoms with Gasteiger partial charge in [-0.3, -0.25) is 4.98 Å². The standard InChI is InChI=1S/C11H9NO2S/c1-7-8(3-2-6-12-7)9-4-5-10(15-9)11(13)14/h2-6H,1H3,(H,13,14). The fraction of sp³-hybridized carbons (Fsp3) is 0.0909. The summed E-state index contributed by atoms with van der Waals surface area (Å²) in [5.74, 6) is -0.882. The van der Waals surface area contributed by atoms with E-state index in [9.17, 15) is 4.79 Å². The van der Waals surface area contributed by atoms with Crippen LogP contribution in [0.25, 0.3) is 10.4 Å². The molecule has 76 valence electrons. The summed E-state index contributed by atoms with van der Waals surface area (Å²) < 4.78 is 0. The molecular weight excluding hydrogens is 210 g/mol. The minimum absolute atomic E-state index is 0.355. The zero-order valence-electron chi connectivity index (χ0n) is 8.10. The van der Waals surface area contributed by atoms with Gasteiger partial charge in [0.1, 0.15) is 4.88 Å². The molecule has 1 N–H and O–H groups in total. The van der Waals surface area contributed by atoms with E-state index < -0.39 is 5.97 Å². The van der Waals surface area contributed by atoms with Crippen molar-refractivity contribution in [1.82, 2.24) is 4.98 Å². The Morgan fingerprint density at radius 2 is 2.20 bits per heavy atom. The van der Waals surface area contributed by atoms with Crippen LogP contribution >= 0.6 is 11.3 Å². The zero-order chi connectivity index (χ0) is 10.8. The summed E-state index contributed by atoms with van der Waals surface area (Å²) in [6.07, 6.45) is 1.73. The number of aryl methyl sites for hydroxylation is 1. The number of hydrogen-bond acceptors (Lipinski definition) is 3. The molecule has 0 aromatic carbocycles. The van der Waals surface area contributed by atoms with Gasteiger partial charge in [-0.1, -0.05) is 6.07 Å². The lowest BCUT2D eigenvalue weighted by Gasteiger charge is -1.99. The summed E-state index contributed by atoms with van der Waals surface area (Å²) in [5.41, 5.74) is 1.91. The molecule has 2 rings (SSSR count). The van der Waals surface area contributed by atoms with E-state index in [1.54, 1.807) is 12.3 Å².